The van der Waals surface area contributed by atoms with Gasteiger partial charge in [0.25, 0.3) is 0 Å². The van der Waals surface area contributed by atoms with Gasteiger partial charge in [0.1, 0.15) is 6.54 Å². The van der Waals surface area contributed by atoms with E-state index in [-0.39, 0.29) is 5.91 Å². The van der Waals surface area contributed by atoms with Crippen molar-refractivity contribution in [1.82, 2.24) is 0 Å². The third-order valence-corrected chi connectivity index (χ3v) is 4.93. The van der Waals surface area contributed by atoms with E-state index >= 15 is 0 Å². The van der Waals surface area contributed by atoms with Gasteiger partial charge >= 0.3 is 0 Å². The lowest BCUT2D eigenvalue weighted by Crippen LogP contribution is -3.12. The quantitative estimate of drug-likeness (QED) is 0.899. The second-order valence-electron chi connectivity index (χ2n) is 6.60. The van der Waals surface area contributed by atoms with Crippen LogP contribution in [-0.4, -0.2) is 25.0 Å². The third-order valence-electron chi connectivity index (χ3n) is 4.93. The molecular formula is C21H27N2O+. The van der Waals surface area contributed by atoms with E-state index < -0.39 is 0 Å². The summed E-state index contributed by atoms with van der Waals surface area (Å²) in [5.74, 6) is 0.234. The monoisotopic (exact) mass is 323 g/mol. The minimum atomic E-state index is 0.234. The molecule has 1 amide bonds. The molecule has 0 unspecified atom stereocenters. The molecule has 3 heteroatoms. The van der Waals surface area contributed by atoms with Crippen LogP contribution in [0.3, 0.4) is 0 Å². The van der Waals surface area contributed by atoms with Crippen LogP contribution in [0.4, 0.5) is 5.69 Å². The molecule has 0 atom stereocenters. The summed E-state index contributed by atoms with van der Waals surface area (Å²) in [6.07, 6.45) is 2.71. The summed E-state index contributed by atoms with van der Waals surface area (Å²) in [6, 6.07) is 21.2. The summed E-state index contributed by atoms with van der Waals surface area (Å²) in [5, 5.41) is 0. The van der Waals surface area contributed by atoms with E-state index in [1.807, 2.05) is 30.0 Å². The Morgan fingerprint density at radius 2 is 1.58 bits per heavy atom. The first kappa shape index (κ1) is 16.7. The molecule has 0 spiro atoms. The predicted octanol–water partition coefficient (Wildman–Crippen LogP) is 2.68. The Hall–Kier alpha value is -2.13. The molecule has 1 aliphatic heterocycles. The standard InChI is InChI=1S/C21H26N2O/c1-2-21(24)23(19-11-7-4-8-12-19)20-13-15-22(16-14-20)17-18-9-5-3-6-10-18/h3-12,20H,2,13-17H2,1H3/p+1. The molecule has 0 aromatic heterocycles. The van der Waals surface area contributed by atoms with Crippen LogP contribution in [0.2, 0.25) is 0 Å². The number of anilines is 1. The Kier molecular flexibility index (Phi) is 5.65. The van der Waals surface area contributed by atoms with Gasteiger partial charge in [-0.3, -0.25) is 4.79 Å². The molecule has 126 valence electrons. The number of nitrogens with zero attached hydrogens (tertiary/aromatic N) is 1. The zero-order chi connectivity index (χ0) is 16.8. The van der Waals surface area contributed by atoms with Gasteiger partial charge < -0.3 is 9.80 Å². The van der Waals surface area contributed by atoms with Crippen LogP contribution in [0.5, 0.6) is 0 Å². The molecule has 0 saturated carbocycles. The van der Waals surface area contributed by atoms with Gasteiger partial charge in [0.2, 0.25) is 5.91 Å². The normalized spacial score (nSPS) is 20.5. The Labute approximate surface area is 144 Å². The van der Waals surface area contributed by atoms with Crippen molar-refractivity contribution >= 4 is 11.6 Å². The first-order valence-electron chi connectivity index (χ1n) is 9.02. The fourth-order valence-corrected chi connectivity index (χ4v) is 3.65. The highest BCUT2D eigenvalue weighted by molar-refractivity contribution is 5.93. The Balaban J connectivity index is 1.64. The molecular weight excluding hydrogens is 296 g/mol. The van der Waals surface area contributed by atoms with Crippen molar-refractivity contribution in [2.45, 2.75) is 38.8 Å². The molecule has 1 heterocycles. The van der Waals surface area contributed by atoms with Crippen molar-refractivity contribution < 1.29 is 9.69 Å². The fourth-order valence-electron chi connectivity index (χ4n) is 3.65. The predicted molar refractivity (Wildman–Crippen MR) is 98.1 cm³/mol. The first-order valence-corrected chi connectivity index (χ1v) is 9.02. The van der Waals surface area contributed by atoms with Crippen molar-refractivity contribution in [3.05, 3.63) is 66.2 Å². The SMILES string of the molecule is CCC(=O)N(c1ccccc1)C1CC[NH+](Cc2ccccc2)CC1. The smallest absolute Gasteiger partial charge is 0.226 e. The molecule has 0 bridgehead atoms. The van der Waals surface area contributed by atoms with E-state index in [2.05, 4.69) is 42.5 Å². The number of likely N-dealkylation sites (tertiary alicyclic amines) is 1. The van der Waals surface area contributed by atoms with Gasteiger partial charge in [-0.1, -0.05) is 55.5 Å². The van der Waals surface area contributed by atoms with Crippen molar-refractivity contribution in [1.29, 1.82) is 0 Å². The minimum absolute atomic E-state index is 0.234. The van der Waals surface area contributed by atoms with Crippen LogP contribution in [-0.2, 0) is 11.3 Å². The third kappa shape index (κ3) is 4.04. The molecule has 1 saturated heterocycles. The van der Waals surface area contributed by atoms with Crippen LogP contribution in [0.1, 0.15) is 31.7 Å². The maximum Gasteiger partial charge on any atom is 0.226 e. The van der Waals surface area contributed by atoms with Crippen molar-refractivity contribution in [3.63, 3.8) is 0 Å². The van der Waals surface area contributed by atoms with Gasteiger partial charge in [0.05, 0.1) is 13.1 Å². The van der Waals surface area contributed by atoms with Crippen LogP contribution in [0, 0.1) is 0 Å². The van der Waals surface area contributed by atoms with Crippen LogP contribution < -0.4 is 9.80 Å². The lowest BCUT2D eigenvalue weighted by Gasteiger charge is -2.37. The van der Waals surface area contributed by atoms with Gasteiger partial charge in [-0.2, -0.15) is 0 Å². The molecule has 24 heavy (non-hydrogen) atoms. The number of carbonyl (C=O) groups excluding carboxylic acids is 1. The number of amides is 1. The summed E-state index contributed by atoms with van der Waals surface area (Å²) < 4.78 is 0. The summed E-state index contributed by atoms with van der Waals surface area (Å²) >= 11 is 0. The average Bonchev–Trinajstić information content (AvgIpc) is 2.65. The number of hydrogen-bond acceptors (Lipinski definition) is 1. The number of para-hydroxylation sites is 1. The maximum absolute atomic E-state index is 12.5. The largest absolute Gasteiger partial charge is 0.331 e. The second-order valence-corrected chi connectivity index (χ2v) is 6.60. The lowest BCUT2D eigenvalue weighted by molar-refractivity contribution is -0.918. The van der Waals surface area contributed by atoms with Gasteiger partial charge in [0.15, 0.2) is 0 Å². The van der Waals surface area contributed by atoms with Crippen molar-refractivity contribution in [2.24, 2.45) is 0 Å². The van der Waals surface area contributed by atoms with E-state index in [0.717, 1.165) is 38.2 Å². The molecule has 3 rings (SSSR count). The number of hydrogen-bond donors (Lipinski definition) is 1. The average molecular weight is 323 g/mol. The molecule has 2 aromatic carbocycles. The highest BCUT2D eigenvalue weighted by Gasteiger charge is 2.30. The molecule has 0 radical (unpaired) electrons. The number of nitrogens with one attached hydrogen (secondary N) is 1. The molecule has 0 aliphatic carbocycles. The van der Waals surface area contributed by atoms with E-state index in [9.17, 15) is 4.79 Å². The van der Waals surface area contributed by atoms with E-state index in [1.54, 1.807) is 4.90 Å². The summed E-state index contributed by atoms with van der Waals surface area (Å²) in [6.45, 7) is 5.29. The summed E-state index contributed by atoms with van der Waals surface area (Å²) in [5.41, 5.74) is 2.44. The maximum atomic E-state index is 12.5. The van der Waals surface area contributed by atoms with Gasteiger partial charge in [-0.05, 0) is 12.1 Å². The topological polar surface area (TPSA) is 24.8 Å². The Bertz CT molecular complexity index is 633. The number of quaternary nitrogens is 1. The molecule has 1 N–H and O–H groups in total. The number of rotatable bonds is 5. The molecule has 3 nitrogen and oxygen atoms in total. The minimum Gasteiger partial charge on any atom is -0.331 e. The zero-order valence-corrected chi connectivity index (χ0v) is 14.4. The second kappa shape index (κ2) is 8.11. The highest BCUT2D eigenvalue weighted by atomic mass is 16.2. The molecule has 2 aromatic rings. The number of piperidine rings is 1. The van der Waals surface area contributed by atoms with Gasteiger partial charge in [-0.15, -0.1) is 0 Å². The van der Waals surface area contributed by atoms with E-state index in [0.29, 0.717) is 12.5 Å². The number of carbonyl (C=O) groups is 1. The van der Waals surface area contributed by atoms with E-state index in [1.165, 1.54) is 5.56 Å². The fraction of sp³-hybridized carbons (Fsp3) is 0.381. The molecule has 1 fully saturated rings. The van der Waals surface area contributed by atoms with Gasteiger partial charge in [0, 0.05) is 36.6 Å². The van der Waals surface area contributed by atoms with E-state index in [4.69, 9.17) is 0 Å². The van der Waals surface area contributed by atoms with Gasteiger partial charge in [-0.25, -0.2) is 0 Å². The summed E-state index contributed by atoms with van der Waals surface area (Å²) in [7, 11) is 0. The number of benzene rings is 2. The zero-order valence-electron chi connectivity index (χ0n) is 14.4. The first-order chi connectivity index (χ1) is 11.8. The Morgan fingerprint density at radius 1 is 1.00 bits per heavy atom. The molecule has 1 aliphatic rings. The highest BCUT2D eigenvalue weighted by Crippen LogP contribution is 2.22. The van der Waals surface area contributed by atoms with Crippen LogP contribution in [0.25, 0.3) is 0 Å². The Morgan fingerprint density at radius 3 is 2.17 bits per heavy atom. The van der Waals surface area contributed by atoms with Crippen LogP contribution >= 0.6 is 0 Å². The van der Waals surface area contributed by atoms with Crippen molar-refractivity contribution in [2.75, 3.05) is 18.0 Å². The van der Waals surface area contributed by atoms with Crippen LogP contribution in [0.15, 0.2) is 60.7 Å². The van der Waals surface area contributed by atoms with Crippen molar-refractivity contribution in [3.8, 4) is 0 Å². The lowest BCUT2D eigenvalue weighted by atomic mass is 10.0. The summed E-state index contributed by atoms with van der Waals surface area (Å²) in [4.78, 5) is 16.2.